The van der Waals surface area contributed by atoms with Gasteiger partial charge in [-0.2, -0.15) is 5.10 Å². The van der Waals surface area contributed by atoms with Crippen LogP contribution in [0.3, 0.4) is 0 Å². The van der Waals surface area contributed by atoms with Crippen molar-refractivity contribution in [3.05, 3.63) is 30.2 Å². The van der Waals surface area contributed by atoms with E-state index >= 15 is 0 Å². The minimum absolute atomic E-state index is 0.140. The monoisotopic (exact) mass is 301 g/mol. The standard InChI is InChI=1S/C14H19N7O/c1-11-6-13(20-4-2-3-5-20)19-12(18-11)7-16-14(22)8-21-10-15-9-17-21/h6,9-10H,2-5,7-8H2,1H3,(H,16,22). The normalized spacial score (nSPS) is 14.3. The Bertz CT molecular complexity index is 635. The van der Waals surface area contributed by atoms with E-state index in [0.717, 1.165) is 24.6 Å². The fourth-order valence-electron chi connectivity index (χ4n) is 2.49. The molecule has 0 aliphatic carbocycles. The summed E-state index contributed by atoms with van der Waals surface area (Å²) < 4.78 is 1.47. The zero-order chi connectivity index (χ0) is 15.4. The Hall–Kier alpha value is -2.51. The van der Waals surface area contributed by atoms with Crippen LogP contribution in [0.2, 0.25) is 0 Å². The summed E-state index contributed by atoms with van der Waals surface area (Å²) in [4.78, 5) is 26.8. The number of hydrogen-bond acceptors (Lipinski definition) is 6. The molecule has 8 heteroatoms. The number of aryl methyl sites for hydroxylation is 1. The number of nitrogens with one attached hydrogen (secondary N) is 1. The smallest absolute Gasteiger partial charge is 0.242 e. The van der Waals surface area contributed by atoms with Crippen molar-refractivity contribution in [2.45, 2.75) is 32.9 Å². The van der Waals surface area contributed by atoms with Crippen molar-refractivity contribution in [2.24, 2.45) is 0 Å². The molecule has 1 aliphatic rings. The Morgan fingerprint density at radius 2 is 2.14 bits per heavy atom. The van der Waals surface area contributed by atoms with Crippen molar-refractivity contribution < 1.29 is 4.79 Å². The van der Waals surface area contributed by atoms with E-state index in [-0.39, 0.29) is 12.5 Å². The predicted molar refractivity (Wildman–Crippen MR) is 80.1 cm³/mol. The molecule has 1 saturated heterocycles. The van der Waals surface area contributed by atoms with Crippen molar-refractivity contribution in [2.75, 3.05) is 18.0 Å². The van der Waals surface area contributed by atoms with Crippen LogP contribution in [0, 0.1) is 6.92 Å². The average molecular weight is 301 g/mol. The minimum Gasteiger partial charge on any atom is -0.357 e. The zero-order valence-corrected chi connectivity index (χ0v) is 12.6. The largest absolute Gasteiger partial charge is 0.357 e. The summed E-state index contributed by atoms with van der Waals surface area (Å²) >= 11 is 0. The number of carbonyl (C=O) groups is 1. The lowest BCUT2D eigenvalue weighted by Crippen LogP contribution is -2.28. The highest BCUT2D eigenvalue weighted by Crippen LogP contribution is 2.18. The van der Waals surface area contributed by atoms with Gasteiger partial charge < -0.3 is 10.2 Å². The van der Waals surface area contributed by atoms with Crippen LogP contribution in [-0.2, 0) is 17.9 Å². The van der Waals surface area contributed by atoms with Crippen LogP contribution in [0.15, 0.2) is 18.7 Å². The van der Waals surface area contributed by atoms with Gasteiger partial charge in [0.2, 0.25) is 5.91 Å². The van der Waals surface area contributed by atoms with E-state index in [1.165, 1.54) is 30.2 Å². The maximum atomic E-state index is 11.8. The Balaban J connectivity index is 1.60. The SMILES string of the molecule is Cc1cc(N2CCCC2)nc(CNC(=O)Cn2cncn2)n1. The molecule has 1 N–H and O–H groups in total. The molecule has 3 heterocycles. The van der Waals surface area contributed by atoms with Gasteiger partial charge in [-0.15, -0.1) is 0 Å². The summed E-state index contributed by atoms with van der Waals surface area (Å²) in [6.45, 7) is 4.48. The lowest BCUT2D eigenvalue weighted by Gasteiger charge is -2.17. The second-order valence-electron chi connectivity index (χ2n) is 5.35. The van der Waals surface area contributed by atoms with Crippen LogP contribution in [0.5, 0.6) is 0 Å². The first-order valence-corrected chi connectivity index (χ1v) is 7.39. The van der Waals surface area contributed by atoms with E-state index in [0.29, 0.717) is 12.4 Å². The van der Waals surface area contributed by atoms with Gasteiger partial charge in [0, 0.05) is 24.8 Å². The molecule has 1 aliphatic heterocycles. The second kappa shape index (κ2) is 6.50. The number of nitrogens with zero attached hydrogens (tertiary/aromatic N) is 6. The molecule has 0 saturated carbocycles. The molecule has 1 fully saturated rings. The zero-order valence-electron chi connectivity index (χ0n) is 12.6. The highest BCUT2D eigenvalue weighted by molar-refractivity contribution is 5.75. The first kappa shape index (κ1) is 14.4. The summed E-state index contributed by atoms with van der Waals surface area (Å²) in [6.07, 6.45) is 5.31. The van der Waals surface area contributed by atoms with Crippen molar-refractivity contribution in [1.29, 1.82) is 0 Å². The molecule has 0 radical (unpaired) electrons. The van der Waals surface area contributed by atoms with E-state index in [4.69, 9.17) is 0 Å². The van der Waals surface area contributed by atoms with Crippen LogP contribution in [0.1, 0.15) is 24.4 Å². The lowest BCUT2D eigenvalue weighted by molar-refractivity contribution is -0.122. The van der Waals surface area contributed by atoms with Crippen molar-refractivity contribution in [3.63, 3.8) is 0 Å². The van der Waals surface area contributed by atoms with Gasteiger partial charge in [0.15, 0.2) is 0 Å². The van der Waals surface area contributed by atoms with Crippen LogP contribution in [-0.4, -0.2) is 43.7 Å². The number of rotatable bonds is 5. The molecule has 1 amide bonds. The van der Waals surface area contributed by atoms with E-state index in [2.05, 4.69) is 30.3 Å². The van der Waals surface area contributed by atoms with Crippen LogP contribution in [0.4, 0.5) is 5.82 Å². The first-order valence-electron chi connectivity index (χ1n) is 7.39. The lowest BCUT2D eigenvalue weighted by atomic mass is 10.4. The third-order valence-electron chi connectivity index (χ3n) is 3.53. The van der Waals surface area contributed by atoms with Gasteiger partial charge in [-0.05, 0) is 19.8 Å². The molecule has 2 aromatic heterocycles. The Kier molecular flexibility index (Phi) is 4.27. The number of amides is 1. The van der Waals surface area contributed by atoms with Gasteiger partial charge >= 0.3 is 0 Å². The number of anilines is 1. The molecular formula is C14H19N7O. The van der Waals surface area contributed by atoms with E-state index in [9.17, 15) is 4.79 Å². The molecule has 0 aromatic carbocycles. The first-order chi connectivity index (χ1) is 10.7. The van der Waals surface area contributed by atoms with Gasteiger partial charge in [0.1, 0.15) is 30.8 Å². The minimum atomic E-state index is -0.140. The van der Waals surface area contributed by atoms with E-state index in [1.54, 1.807) is 0 Å². The molecular weight excluding hydrogens is 282 g/mol. The maximum absolute atomic E-state index is 11.8. The quantitative estimate of drug-likeness (QED) is 0.854. The molecule has 116 valence electrons. The fourth-order valence-corrected chi connectivity index (χ4v) is 2.49. The van der Waals surface area contributed by atoms with Crippen LogP contribution < -0.4 is 10.2 Å². The molecule has 3 rings (SSSR count). The van der Waals surface area contributed by atoms with Crippen LogP contribution >= 0.6 is 0 Å². The molecule has 0 bridgehead atoms. The molecule has 0 atom stereocenters. The third-order valence-corrected chi connectivity index (χ3v) is 3.53. The van der Waals surface area contributed by atoms with Crippen LogP contribution in [0.25, 0.3) is 0 Å². The fraction of sp³-hybridized carbons (Fsp3) is 0.500. The Morgan fingerprint density at radius 3 is 2.86 bits per heavy atom. The van der Waals surface area contributed by atoms with Gasteiger partial charge in [-0.1, -0.05) is 0 Å². The Morgan fingerprint density at radius 1 is 1.32 bits per heavy atom. The Labute approximate surface area is 128 Å². The summed E-state index contributed by atoms with van der Waals surface area (Å²) in [7, 11) is 0. The number of aromatic nitrogens is 5. The van der Waals surface area contributed by atoms with Gasteiger partial charge in [0.05, 0.1) is 6.54 Å². The van der Waals surface area contributed by atoms with Gasteiger partial charge in [-0.25, -0.2) is 19.6 Å². The summed E-state index contributed by atoms with van der Waals surface area (Å²) in [5, 5.41) is 6.71. The van der Waals surface area contributed by atoms with Gasteiger partial charge in [0.25, 0.3) is 0 Å². The summed E-state index contributed by atoms with van der Waals surface area (Å²) in [6, 6.07) is 1.99. The topological polar surface area (TPSA) is 88.8 Å². The third kappa shape index (κ3) is 3.57. The number of carbonyl (C=O) groups excluding carboxylic acids is 1. The molecule has 22 heavy (non-hydrogen) atoms. The van der Waals surface area contributed by atoms with Gasteiger partial charge in [-0.3, -0.25) is 4.79 Å². The average Bonchev–Trinajstić information content (AvgIpc) is 3.18. The van der Waals surface area contributed by atoms with E-state index < -0.39 is 0 Å². The molecule has 0 spiro atoms. The second-order valence-corrected chi connectivity index (χ2v) is 5.35. The molecule has 0 unspecified atom stereocenters. The predicted octanol–water partition coefficient (Wildman–Crippen LogP) is 0.293. The summed E-state index contributed by atoms with van der Waals surface area (Å²) in [5.41, 5.74) is 0.914. The highest BCUT2D eigenvalue weighted by atomic mass is 16.2. The van der Waals surface area contributed by atoms with Crippen molar-refractivity contribution in [1.82, 2.24) is 30.0 Å². The molecule has 2 aromatic rings. The highest BCUT2D eigenvalue weighted by Gasteiger charge is 2.15. The maximum Gasteiger partial charge on any atom is 0.242 e. The summed E-state index contributed by atoms with van der Waals surface area (Å²) in [5.74, 6) is 1.44. The molecule has 8 nitrogen and oxygen atoms in total. The van der Waals surface area contributed by atoms with Crippen molar-refractivity contribution in [3.8, 4) is 0 Å². The number of hydrogen-bond donors (Lipinski definition) is 1. The van der Waals surface area contributed by atoms with Crippen molar-refractivity contribution >= 4 is 11.7 Å². The van der Waals surface area contributed by atoms with E-state index in [1.807, 2.05) is 13.0 Å².